The van der Waals surface area contributed by atoms with Crippen molar-refractivity contribution in [1.29, 1.82) is 0 Å². The van der Waals surface area contributed by atoms with Gasteiger partial charge in [-0.25, -0.2) is 9.18 Å². The van der Waals surface area contributed by atoms with Crippen molar-refractivity contribution in [3.8, 4) is 0 Å². The number of amides is 1. The number of benzene rings is 2. The number of aliphatic hydroxyl groups excluding tert-OH is 1. The molecule has 134 valence electrons. The van der Waals surface area contributed by atoms with Gasteiger partial charge in [-0.1, -0.05) is 18.2 Å². The van der Waals surface area contributed by atoms with Crippen molar-refractivity contribution in [2.24, 2.45) is 0 Å². The van der Waals surface area contributed by atoms with E-state index in [2.05, 4.69) is 10.3 Å². The fourth-order valence-electron chi connectivity index (χ4n) is 2.84. The quantitative estimate of drug-likeness (QED) is 0.544. The summed E-state index contributed by atoms with van der Waals surface area (Å²) in [6.07, 6.45) is 1.48. The van der Waals surface area contributed by atoms with Crippen molar-refractivity contribution >= 4 is 22.8 Å². The Labute approximate surface area is 148 Å². The van der Waals surface area contributed by atoms with E-state index in [0.29, 0.717) is 22.0 Å². The minimum atomic E-state index is -1.22. The highest BCUT2D eigenvalue weighted by atomic mass is 19.1. The third kappa shape index (κ3) is 3.57. The summed E-state index contributed by atoms with van der Waals surface area (Å²) >= 11 is 0. The van der Waals surface area contributed by atoms with Crippen molar-refractivity contribution in [2.45, 2.75) is 19.1 Å². The molecule has 0 aliphatic heterocycles. The van der Waals surface area contributed by atoms with E-state index in [4.69, 9.17) is 5.11 Å². The minimum absolute atomic E-state index is 0.0678. The third-order valence-electron chi connectivity index (χ3n) is 4.14. The van der Waals surface area contributed by atoms with Gasteiger partial charge in [-0.2, -0.15) is 0 Å². The molecule has 0 aliphatic carbocycles. The predicted octanol–water partition coefficient (Wildman–Crippen LogP) is 2.23. The molecule has 1 amide bonds. The van der Waals surface area contributed by atoms with Crippen LogP contribution in [-0.4, -0.2) is 33.1 Å². The number of fused-ring (bicyclic) bond motifs is 1. The molecular formula is C19H17FN2O4. The second-order valence-electron chi connectivity index (χ2n) is 5.90. The molecule has 3 rings (SSSR count). The molecule has 0 saturated carbocycles. The average molecular weight is 356 g/mol. The van der Waals surface area contributed by atoms with Crippen molar-refractivity contribution in [3.05, 3.63) is 71.2 Å². The molecule has 1 unspecified atom stereocenters. The largest absolute Gasteiger partial charge is 0.480 e. The molecule has 3 aromatic rings. The molecular weight excluding hydrogens is 339 g/mol. The Kier molecular flexibility index (Phi) is 4.99. The number of aliphatic hydroxyl groups is 1. The van der Waals surface area contributed by atoms with Crippen LogP contribution in [0.3, 0.4) is 0 Å². The van der Waals surface area contributed by atoms with Crippen LogP contribution in [0.2, 0.25) is 0 Å². The number of carbonyl (C=O) groups is 2. The van der Waals surface area contributed by atoms with Gasteiger partial charge >= 0.3 is 5.97 Å². The fraction of sp³-hybridized carbons (Fsp3) is 0.158. The second kappa shape index (κ2) is 7.37. The maximum absolute atomic E-state index is 14.1. The van der Waals surface area contributed by atoms with Gasteiger partial charge in [0, 0.05) is 29.1 Å². The molecule has 26 heavy (non-hydrogen) atoms. The molecule has 1 atom stereocenters. The van der Waals surface area contributed by atoms with E-state index >= 15 is 0 Å². The molecule has 0 fully saturated rings. The van der Waals surface area contributed by atoms with Gasteiger partial charge < -0.3 is 20.5 Å². The zero-order valence-corrected chi connectivity index (χ0v) is 13.7. The zero-order valence-electron chi connectivity index (χ0n) is 13.7. The van der Waals surface area contributed by atoms with Gasteiger partial charge in [-0.3, -0.25) is 4.79 Å². The lowest BCUT2D eigenvalue weighted by Gasteiger charge is -2.14. The van der Waals surface area contributed by atoms with E-state index in [-0.39, 0.29) is 18.6 Å². The van der Waals surface area contributed by atoms with Crippen molar-refractivity contribution in [2.75, 3.05) is 0 Å². The lowest BCUT2D eigenvalue weighted by Crippen LogP contribution is -2.42. The summed E-state index contributed by atoms with van der Waals surface area (Å²) in [5.41, 5.74) is 1.82. The number of aromatic amines is 1. The number of nitrogens with one attached hydrogen (secondary N) is 2. The number of carbonyl (C=O) groups excluding carboxylic acids is 1. The van der Waals surface area contributed by atoms with E-state index in [0.717, 1.165) is 0 Å². The smallest absolute Gasteiger partial charge is 0.326 e. The number of rotatable bonds is 6. The number of carboxylic acid groups (broad SMARTS) is 1. The summed E-state index contributed by atoms with van der Waals surface area (Å²) in [5.74, 6) is -2.25. The van der Waals surface area contributed by atoms with Crippen molar-refractivity contribution in [3.63, 3.8) is 0 Å². The van der Waals surface area contributed by atoms with Crippen LogP contribution in [0.25, 0.3) is 10.9 Å². The summed E-state index contributed by atoms with van der Waals surface area (Å²) in [4.78, 5) is 26.8. The fourth-order valence-corrected chi connectivity index (χ4v) is 2.84. The number of carboxylic acids is 1. The first kappa shape index (κ1) is 17.6. The van der Waals surface area contributed by atoms with Crippen LogP contribution >= 0.6 is 0 Å². The summed E-state index contributed by atoms with van der Waals surface area (Å²) in [5, 5.41) is 21.4. The van der Waals surface area contributed by atoms with Gasteiger partial charge in [0.05, 0.1) is 6.61 Å². The number of aromatic nitrogens is 1. The first-order chi connectivity index (χ1) is 12.5. The number of halogens is 1. The second-order valence-corrected chi connectivity index (χ2v) is 5.90. The topological polar surface area (TPSA) is 102 Å². The summed E-state index contributed by atoms with van der Waals surface area (Å²) in [7, 11) is 0. The standard InChI is InChI=1S/C19H17FN2O4/c20-14-5-2-6-15-17(14)13(9-21-15)8-16(19(25)26)22-18(24)12-4-1-3-11(7-12)10-23/h1-7,9,16,21,23H,8,10H2,(H,22,24)(H,25,26). The number of hydrogen-bond acceptors (Lipinski definition) is 3. The Morgan fingerprint density at radius 1 is 1.19 bits per heavy atom. The SMILES string of the molecule is O=C(NC(Cc1c[nH]c2cccc(F)c12)C(=O)O)c1cccc(CO)c1. The number of aliphatic carboxylic acids is 1. The molecule has 2 aromatic carbocycles. The third-order valence-corrected chi connectivity index (χ3v) is 4.14. The molecule has 0 bridgehead atoms. The molecule has 4 N–H and O–H groups in total. The maximum Gasteiger partial charge on any atom is 0.326 e. The summed E-state index contributed by atoms with van der Waals surface area (Å²) < 4.78 is 14.1. The van der Waals surface area contributed by atoms with Crippen LogP contribution in [0.4, 0.5) is 4.39 Å². The van der Waals surface area contributed by atoms with Gasteiger partial charge in [-0.15, -0.1) is 0 Å². The minimum Gasteiger partial charge on any atom is -0.480 e. The maximum atomic E-state index is 14.1. The monoisotopic (exact) mass is 356 g/mol. The first-order valence-electron chi connectivity index (χ1n) is 7.97. The molecule has 1 heterocycles. The first-order valence-corrected chi connectivity index (χ1v) is 7.97. The highest BCUT2D eigenvalue weighted by molar-refractivity contribution is 5.97. The van der Waals surface area contributed by atoms with Gasteiger partial charge in [0.2, 0.25) is 0 Å². The van der Waals surface area contributed by atoms with Gasteiger partial charge in [0.25, 0.3) is 5.91 Å². The molecule has 0 aliphatic rings. The normalized spacial score (nSPS) is 12.1. The molecule has 7 heteroatoms. The molecule has 0 radical (unpaired) electrons. The van der Waals surface area contributed by atoms with E-state index in [1.807, 2.05) is 0 Å². The summed E-state index contributed by atoms with van der Waals surface area (Å²) in [6, 6.07) is 9.59. The summed E-state index contributed by atoms with van der Waals surface area (Å²) in [6.45, 7) is -0.224. The number of hydrogen-bond donors (Lipinski definition) is 4. The molecule has 0 spiro atoms. The number of H-pyrrole nitrogens is 1. The van der Waals surface area contributed by atoms with Gasteiger partial charge in [0.1, 0.15) is 11.9 Å². The van der Waals surface area contributed by atoms with Crippen LogP contribution in [0, 0.1) is 5.82 Å². The molecule has 1 aromatic heterocycles. The predicted molar refractivity (Wildman–Crippen MR) is 93.2 cm³/mol. The van der Waals surface area contributed by atoms with Crippen LogP contribution in [0.15, 0.2) is 48.7 Å². The Bertz CT molecular complexity index is 967. The van der Waals surface area contributed by atoms with E-state index in [9.17, 15) is 19.1 Å². The highest BCUT2D eigenvalue weighted by Crippen LogP contribution is 2.22. The Balaban J connectivity index is 1.83. The van der Waals surface area contributed by atoms with Crippen LogP contribution in [0.5, 0.6) is 0 Å². The van der Waals surface area contributed by atoms with Crippen LogP contribution < -0.4 is 5.32 Å². The van der Waals surface area contributed by atoms with E-state index in [1.165, 1.54) is 18.2 Å². The zero-order chi connectivity index (χ0) is 18.7. The molecule has 6 nitrogen and oxygen atoms in total. The average Bonchev–Trinajstić information content (AvgIpc) is 3.05. The van der Waals surface area contributed by atoms with E-state index < -0.39 is 23.7 Å². The Morgan fingerprint density at radius 3 is 2.69 bits per heavy atom. The van der Waals surface area contributed by atoms with Crippen LogP contribution in [0.1, 0.15) is 21.5 Å². The van der Waals surface area contributed by atoms with Gasteiger partial charge in [-0.05, 0) is 35.4 Å². The lowest BCUT2D eigenvalue weighted by molar-refractivity contribution is -0.139. The lowest BCUT2D eigenvalue weighted by atomic mass is 10.0. The highest BCUT2D eigenvalue weighted by Gasteiger charge is 2.23. The molecule has 0 saturated heterocycles. The Hall–Kier alpha value is -3.19. The van der Waals surface area contributed by atoms with Crippen LogP contribution in [-0.2, 0) is 17.8 Å². The van der Waals surface area contributed by atoms with Crippen molar-refractivity contribution < 1.29 is 24.2 Å². The Morgan fingerprint density at radius 2 is 1.96 bits per heavy atom. The van der Waals surface area contributed by atoms with Gasteiger partial charge in [0.15, 0.2) is 0 Å². The van der Waals surface area contributed by atoms with Crippen molar-refractivity contribution in [1.82, 2.24) is 10.3 Å². The van der Waals surface area contributed by atoms with E-state index in [1.54, 1.807) is 30.5 Å².